The van der Waals surface area contributed by atoms with Crippen LogP contribution in [0.4, 0.5) is 5.69 Å². The summed E-state index contributed by atoms with van der Waals surface area (Å²) in [6, 6.07) is 20.4. The van der Waals surface area contributed by atoms with Gasteiger partial charge in [-0.05, 0) is 30.0 Å². The van der Waals surface area contributed by atoms with Crippen LogP contribution in [-0.2, 0) is 11.3 Å². The van der Waals surface area contributed by atoms with Gasteiger partial charge in [-0.15, -0.1) is 10.6 Å². The van der Waals surface area contributed by atoms with E-state index in [1.165, 1.54) is 5.56 Å². The van der Waals surface area contributed by atoms with Gasteiger partial charge in [0.1, 0.15) is 0 Å². The lowest BCUT2D eigenvalue weighted by Gasteiger charge is -2.18. The van der Waals surface area contributed by atoms with Gasteiger partial charge in [-0.1, -0.05) is 67.2 Å². The molecule has 1 atom stereocenters. The summed E-state index contributed by atoms with van der Waals surface area (Å²) in [4.78, 5) is 0. The molecule has 0 bridgehead atoms. The van der Waals surface area contributed by atoms with E-state index in [1.807, 2.05) is 41.4 Å². The Kier molecular flexibility index (Phi) is 6.73. The van der Waals surface area contributed by atoms with E-state index in [2.05, 4.69) is 47.4 Å². The monoisotopic (exact) mass is 356 g/mol. The zero-order chi connectivity index (χ0) is 17.3. The lowest BCUT2D eigenvalue weighted by atomic mass is 10.1. The molecule has 0 amide bonds. The van der Waals surface area contributed by atoms with Crippen molar-refractivity contribution in [3.8, 4) is 0 Å². The van der Waals surface area contributed by atoms with E-state index in [0.717, 1.165) is 29.6 Å². The molecule has 1 unspecified atom stereocenters. The summed E-state index contributed by atoms with van der Waals surface area (Å²) in [6.07, 6.45) is 1.08. The minimum absolute atomic E-state index is 0.518. The molecule has 0 saturated heterocycles. The van der Waals surface area contributed by atoms with E-state index in [1.54, 1.807) is 11.8 Å². The molecule has 1 aliphatic heterocycles. The highest BCUT2D eigenvalue weighted by Gasteiger charge is 2.19. The molecule has 0 spiro atoms. The van der Waals surface area contributed by atoms with Gasteiger partial charge >= 0.3 is 0 Å². The molecule has 2 N–H and O–H groups in total. The van der Waals surface area contributed by atoms with Crippen molar-refractivity contribution in [3.05, 3.63) is 66.2 Å². The molecule has 132 valence electrons. The van der Waals surface area contributed by atoms with Gasteiger partial charge in [0, 0.05) is 12.4 Å². The molecule has 1 heterocycles. The highest BCUT2D eigenvalue weighted by molar-refractivity contribution is 8.14. The van der Waals surface area contributed by atoms with Gasteiger partial charge in [-0.3, -0.25) is 0 Å². The molecular formula is C19H24N4OS. The van der Waals surface area contributed by atoms with Crippen molar-refractivity contribution in [1.82, 2.24) is 11.1 Å². The summed E-state index contributed by atoms with van der Waals surface area (Å²) in [6.45, 7) is 3.69. The molecule has 2 aromatic carbocycles. The zero-order valence-electron chi connectivity index (χ0n) is 14.4. The molecule has 0 aliphatic carbocycles. The fourth-order valence-corrected chi connectivity index (χ4v) is 3.55. The smallest absolute Gasteiger partial charge is 0.205 e. The standard InChI is InChI=1S/C19H24N4OS/c1-16(14-24-15-17-8-4-2-5-9-17)12-13-25-19-20-21-22-23(19)18-10-6-3-7-11-18/h2-11,16,21-22H,12-15H2,1H3. The Hall–Kier alpha value is -2.02. The summed E-state index contributed by atoms with van der Waals surface area (Å²) < 4.78 is 5.82. The average molecular weight is 356 g/mol. The molecule has 1 aliphatic rings. The summed E-state index contributed by atoms with van der Waals surface area (Å²) >= 11 is 1.74. The third-order valence-electron chi connectivity index (χ3n) is 3.87. The van der Waals surface area contributed by atoms with Crippen LogP contribution < -0.4 is 16.1 Å². The van der Waals surface area contributed by atoms with Gasteiger partial charge in [0.25, 0.3) is 0 Å². The average Bonchev–Trinajstić information content (AvgIpc) is 3.12. The Bertz CT molecular complexity index is 666. The fraction of sp³-hybridized carbons (Fsp3) is 0.316. The second-order valence-corrected chi connectivity index (χ2v) is 7.09. The van der Waals surface area contributed by atoms with E-state index in [9.17, 15) is 0 Å². The van der Waals surface area contributed by atoms with Crippen LogP contribution in [0.2, 0.25) is 0 Å². The van der Waals surface area contributed by atoms with Crippen molar-refractivity contribution >= 4 is 22.6 Å². The largest absolute Gasteiger partial charge is 0.376 e. The summed E-state index contributed by atoms with van der Waals surface area (Å²) in [7, 11) is 0. The van der Waals surface area contributed by atoms with Crippen molar-refractivity contribution in [1.29, 1.82) is 0 Å². The summed E-state index contributed by atoms with van der Waals surface area (Å²) in [5.41, 5.74) is 8.17. The molecule has 5 nitrogen and oxygen atoms in total. The molecule has 0 radical (unpaired) electrons. The highest BCUT2D eigenvalue weighted by Crippen LogP contribution is 2.20. The Morgan fingerprint density at radius 2 is 1.80 bits per heavy atom. The van der Waals surface area contributed by atoms with Gasteiger partial charge in [0.15, 0.2) is 0 Å². The lowest BCUT2D eigenvalue weighted by molar-refractivity contribution is 0.0914. The third kappa shape index (κ3) is 5.49. The van der Waals surface area contributed by atoms with Crippen molar-refractivity contribution < 1.29 is 4.74 Å². The second-order valence-electron chi connectivity index (χ2n) is 6.03. The number of benzene rings is 2. The normalized spacial score (nSPS) is 14.9. The molecule has 6 heteroatoms. The summed E-state index contributed by atoms with van der Waals surface area (Å²) in [5.74, 6) is 1.52. The fourth-order valence-electron chi connectivity index (χ4n) is 2.46. The van der Waals surface area contributed by atoms with Crippen molar-refractivity contribution in [3.63, 3.8) is 0 Å². The topological polar surface area (TPSA) is 48.9 Å². The minimum Gasteiger partial charge on any atom is -0.376 e. The van der Waals surface area contributed by atoms with Crippen LogP contribution >= 0.6 is 11.8 Å². The summed E-state index contributed by atoms with van der Waals surface area (Å²) in [5, 5.41) is 7.20. The predicted octanol–water partition coefficient (Wildman–Crippen LogP) is 3.76. The number of amidine groups is 1. The number of hydrogen-bond donors (Lipinski definition) is 2. The number of hydrazone groups is 1. The minimum atomic E-state index is 0.518. The van der Waals surface area contributed by atoms with E-state index in [-0.39, 0.29) is 0 Å². The number of para-hydroxylation sites is 1. The Morgan fingerprint density at radius 1 is 1.08 bits per heavy atom. The van der Waals surface area contributed by atoms with Crippen molar-refractivity contribution in [2.24, 2.45) is 11.0 Å². The van der Waals surface area contributed by atoms with E-state index >= 15 is 0 Å². The van der Waals surface area contributed by atoms with Gasteiger partial charge < -0.3 is 4.74 Å². The predicted molar refractivity (Wildman–Crippen MR) is 105 cm³/mol. The second kappa shape index (κ2) is 9.46. The first-order valence-electron chi connectivity index (χ1n) is 8.51. The van der Waals surface area contributed by atoms with Crippen LogP contribution in [-0.4, -0.2) is 17.5 Å². The molecule has 2 aromatic rings. The maximum Gasteiger partial charge on any atom is 0.205 e. The van der Waals surface area contributed by atoms with Crippen LogP contribution in [0.3, 0.4) is 0 Å². The van der Waals surface area contributed by atoms with Crippen LogP contribution in [0.1, 0.15) is 18.9 Å². The first-order valence-corrected chi connectivity index (χ1v) is 9.49. The maximum atomic E-state index is 5.82. The Balaban J connectivity index is 1.36. The first-order chi connectivity index (χ1) is 12.3. The number of nitrogens with one attached hydrogen (secondary N) is 2. The molecule has 0 fully saturated rings. The van der Waals surface area contributed by atoms with E-state index in [4.69, 9.17) is 4.74 Å². The number of thioether (sulfide) groups is 1. The number of hydrogen-bond acceptors (Lipinski definition) is 6. The highest BCUT2D eigenvalue weighted by atomic mass is 32.2. The first kappa shape index (κ1) is 17.8. The van der Waals surface area contributed by atoms with Gasteiger partial charge in [0.05, 0.1) is 12.3 Å². The van der Waals surface area contributed by atoms with Gasteiger partial charge in [-0.25, -0.2) is 10.5 Å². The number of rotatable bonds is 8. The van der Waals surface area contributed by atoms with Gasteiger partial charge in [0.2, 0.25) is 5.17 Å². The van der Waals surface area contributed by atoms with Crippen molar-refractivity contribution in [2.75, 3.05) is 17.4 Å². The van der Waals surface area contributed by atoms with E-state index < -0.39 is 0 Å². The quantitative estimate of drug-likeness (QED) is 0.754. The Labute approximate surface area is 153 Å². The molecular weight excluding hydrogens is 332 g/mol. The number of hydrazine groups is 2. The Morgan fingerprint density at radius 3 is 2.56 bits per heavy atom. The molecule has 25 heavy (non-hydrogen) atoms. The number of anilines is 1. The maximum absolute atomic E-state index is 5.82. The third-order valence-corrected chi connectivity index (χ3v) is 4.85. The lowest BCUT2D eigenvalue weighted by Crippen LogP contribution is -2.40. The molecule has 3 rings (SSSR count). The number of ether oxygens (including phenoxy) is 1. The zero-order valence-corrected chi connectivity index (χ0v) is 15.2. The van der Waals surface area contributed by atoms with Crippen LogP contribution in [0.25, 0.3) is 0 Å². The van der Waals surface area contributed by atoms with E-state index in [0.29, 0.717) is 12.5 Å². The SMILES string of the molecule is CC(CCSC1=NNNN1c1ccccc1)COCc1ccccc1. The molecule has 0 aromatic heterocycles. The van der Waals surface area contributed by atoms with Crippen molar-refractivity contribution in [2.45, 2.75) is 20.0 Å². The van der Waals surface area contributed by atoms with Crippen LogP contribution in [0.5, 0.6) is 0 Å². The van der Waals surface area contributed by atoms with Crippen LogP contribution in [0.15, 0.2) is 65.8 Å². The van der Waals surface area contributed by atoms with Gasteiger partial charge in [-0.2, -0.15) is 0 Å². The number of nitrogens with zero attached hydrogens (tertiary/aromatic N) is 2. The molecule has 0 saturated carbocycles. The van der Waals surface area contributed by atoms with Crippen LogP contribution in [0, 0.1) is 5.92 Å².